The summed E-state index contributed by atoms with van der Waals surface area (Å²) in [7, 11) is 0. The van der Waals surface area contributed by atoms with Crippen LogP contribution in [0.3, 0.4) is 0 Å². The second-order valence-electron chi connectivity index (χ2n) is 6.84. The molecule has 0 radical (unpaired) electrons. The molecule has 0 spiro atoms. The predicted octanol–water partition coefficient (Wildman–Crippen LogP) is 5.02. The van der Waals surface area contributed by atoms with Gasteiger partial charge >= 0.3 is 5.97 Å². The normalized spacial score (nSPS) is 13.8. The Morgan fingerprint density at radius 3 is 1.50 bits per heavy atom. The van der Waals surface area contributed by atoms with Crippen molar-refractivity contribution in [3.63, 3.8) is 0 Å². The lowest BCUT2D eigenvalue weighted by Crippen LogP contribution is -2.67. The van der Waals surface area contributed by atoms with E-state index < -0.39 is 17.9 Å². The van der Waals surface area contributed by atoms with E-state index >= 15 is 0 Å². The summed E-state index contributed by atoms with van der Waals surface area (Å²) in [5.41, 5.74) is 0. The summed E-state index contributed by atoms with van der Waals surface area (Å²) in [4.78, 5) is 0. The number of hydrogen-bond donors (Lipinski definition) is 1. The van der Waals surface area contributed by atoms with Crippen LogP contribution in [0, 0.1) is 0 Å². The van der Waals surface area contributed by atoms with Gasteiger partial charge in [-0.05, 0) is 41.0 Å². The monoisotopic (exact) mass is 406 g/mol. The van der Waals surface area contributed by atoms with Gasteiger partial charge in [-0.15, -0.1) is 0 Å². The molecule has 0 bridgehead atoms. The molecular weight excluding hydrogens is 360 g/mol. The molecule has 6 heteroatoms. The molecule has 0 heterocycles. The molecule has 1 atom stereocenters. The molecule has 0 aromatic heterocycles. The fraction of sp³-hybridized carbons (Fsp3) is 1.00. The summed E-state index contributed by atoms with van der Waals surface area (Å²) in [6, 6.07) is 0. The van der Waals surface area contributed by atoms with Crippen LogP contribution < -0.4 is 0 Å². The molecule has 1 unspecified atom stereocenters. The topological polar surface area (TPSA) is 66.4 Å². The Bertz CT molecular complexity index is 338. The fourth-order valence-corrected chi connectivity index (χ4v) is 3.55. The van der Waals surface area contributed by atoms with Crippen LogP contribution in [0.25, 0.3) is 0 Å². The minimum atomic E-state index is -2.04. The molecule has 0 rings (SSSR count). The molecule has 28 heavy (non-hydrogen) atoms. The van der Waals surface area contributed by atoms with Gasteiger partial charge in [0.2, 0.25) is 0 Å². The standard InChI is InChI=1S/C22H46O6/c1-7-13-14-15-16-17-18-19-20(24-8-2)21(25-9-3,26-10-4)22(23,27-11-5)28-12-6/h20,23H,7-19H2,1-6H3. The summed E-state index contributed by atoms with van der Waals surface area (Å²) in [5, 5.41) is 11.3. The Kier molecular flexibility index (Phi) is 16.4. The van der Waals surface area contributed by atoms with Crippen molar-refractivity contribution in [1.82, 2.24) is 0 Å². The van der Waals surface area contributed by atoms with E-state index in [9.17, 15) is 5.11 Å². The van der Waals surface area contributed by atoms with Crippen LogP contribution in [-0.4, -0.2) is 56.0 Å². The Balaban J connectivity index is 5.38. The van der Waals surface area contributed by atoms with Crippen molar-refractivity contribution in [2.75, 3.05) is 33.0 Å². The zero-order valence-corrected chi connectivity index (χ0v) is 19.3. The smallest absolute Gasteiger partial charge is 0.340 e. The number of rotatable bonds is 20. The molecule has 0 fully saturated rings. The molecular formula is C22H46O6. The summed E-state index contributed by atoms with van der Waals surface area (Å²) in [5.74, 6) is -3.58. The number of hydrogen-bond acceptors (Lipinski definition) is 6. The van der Waals surface area contributed by atoms with Crippen molar-refractivity contribution < 1.29 is 28.8 Å². The van der Waals surface area contributed by atoms with Crippen LogP contribution in [-0.2, 0) is 23.7 Å². The van der Waals surface area contributed by atoms with Crippen molar-refractivity contribution in [2.24, 2.45) is 0 Å². The maximum atomic E-state index is 11.3. The lowest BCUT2D eigenvalue weighted by Gasteiger charge is -2.47. The summed E-state index contributed by atoms with van der Waals surface area (Å²) < 4.78 is 29.3. The van der Waals surface area contributed by atoms with E-state index in [0.29, 0.717) is 26.2 Å². The summed E-state index contributed by atoms with van der Waals surface area (Å²) >= 11 is 0. The molecule has 0 aliphatic heterocycles. The summed E-state index contributed by atoms with van der Waals surface area (Å²) in [6.45, 7) is 13.2. The average molecular weight is 407 g/mol. The Hall–Kier alpha value is -0.240. The molecule has 1 N–H and O–H groups in total. The van der Waals surface area contributed by atoms with Crippen LogP contribution in [0.4, 0.5) is 0 Å². The van der Waals surface area contributed by atoms with Crippen LogP contribution in [0.1, 0.15) is 92.9 Å². The van der Waals surface area contributed by atoms with E-state index in [-0.39, 0.29) is 13.2 Å². The zero-order chi connectivity index (χ0) is 21.3. The van der Waals surface area contributed by atoms with Crippen LogP contribution >= 0.6 is 0 Å². The minimum Gasteiger partial charge on any atom is -0.373 e. The first-order valence-corrected chi connectivity index (χ1v) is 11.4. The molecule has 6 nitrogen and oxygen atoms in total. The lowest BCUT2D eigenvalue weighted by atomic mass is 9.98. The largest absolute Gasteiger partial charge is 0.373 e. The minimum absolute atomic E-state index is 0.259. The SMILES string of the molecule is CCCCCCCCCC(OCC)C(OCC)(OCC)C(O)(OCC)OCC. The maximum absolute atomic E-state index is 11.3. The van der Waals surface area contributed by atoms with Gasteiger partial charge in [-0.3, -0.25) is 0 Å². The first-order chi connectivity index (χ1) is 13.5. The Morgan fingerprint density at radius 1 is 0.607 bits per heavy atom. The molecule has 0 aromatic carbocycles. The van der Waals surface area contributed by atoms with E-state index in [1.54, 1.807) is 13.8 Å². The highest BCUT2D eigenvalue weighted by molar-refractivity contribution is 4.90. The van der Waals surface area contributed by atoms with E-state index in [1.807, 2.05) is 20.8 Å². The van der Waals surface area contributed by atoms with Gasteiger partial charge < -0.3 is 28.8 Å². The molecule has 0 aliphatic carbocycles. The van der Waals surface area contributed by atoms with E-state index in [4.69, 9.17) is 23.7 Å². The van der Waals surface area contributed by atoms with Gasteiger partial charge in [-0.1, -0.05) is 51.9 Å². The van der Waals surface area contributed by atoms with Gasteiger partial charge in [-0.25, -0.2) is 0 Å². The predicted molar refractivity (Wildman–Crippen MR) is 112 cm³/mol. The average Bonchev–Trinajstić information content (AvgIpc) is 2.66. The van der Waals surface area contributed by atoms with Crippen molar-refractivity contribution in [3.8, 4) is 0 Å². The second kappa shape index (κ2) is 16.5. The van der Waals surface area contributed by atoms with Crippen LogP contribution in [0.15, 0.2) is 0 Å². The lowest BCUT2D eigenvalue weighted by molar-refractivity contribution is -0.502. The number of unbranched alkanes of at least 4 members (excludes halogenated alkanes) is 6. The van der Waals surface area contributed by atoms with Gasteiger partial charge in [0.15, 0.2) is 0 Å². The van der Waals surface area contributed by atoms with Gasteiger partial charge in [-0.2, -0.15) is 0 Å². The highest BCUT2D eigenvalue weighted by Crippen LogP contribution is 2.38. The molecule has 0 saturated carbocycles. The first kappa shape index (κ1) is 27.8. The molecule has 0 aliphatic rings. The van der Waals surface area contributed by atoms with E-state index in [0.717, 1.165) is 12.8 Å². The second-order valence-corrected chi connectivity index (χ2v) is 6.84. The van der Waals surface area contributed by atoms with Crippen molar-refractivity contribution in [1.29, 1.82) is 0 Å². The number of aliphatic hydroxyl groups is 1. The molecule has 0 amide bonds. The number of ether oxygens (including phenoxy) is 5. The van der Waals surface area contributed by atoms with E-state index in [2.05, 4.69) is 6.92 Å². The first-order valence-electron chi connectivity index (χ1n) is 11.4. The third-order valence-electron chi connectivity index (χ3n) is 4.70. The van der Waals surface area contributed by atoms with E-state index in [1.165, 1.54) is 32.1 Å². The highest BCUT2D eigenvalue weighted by atomic mass is 16.9. The van der Waals surface area contributed by atoms with Crippen LogP contribution in [0.2, 0.25) is 0 Å². The highest BCUT2D eigenvalue weighted by Gasteiger charge is 2.61. The van der Waals surface area contributed by atoms with Crippen molar-refractivity contribution >= 4 is 0 Å². The third kappa shape index (κ3) is 8.64. The van der Waals surface area contributed by atoms with Gasteiger partial charge in [0.25, 0.3) is 5.79 Å². The van der Waals surface area contributed by atoms with Crippen molar-refractivity contribution in [3.05, 3.63) is 0 Å². The quantitative estimate of drug-likeness (QED) is 0.226. The molecule has 0 saturated heterocycles. The zero-order valence-electron chi connectivity index (χ0n) is 19.3. The molecule has 170 valence electrons. The van der Waals surface area contributed by atoms with Gasteiger partial charge in [0, 0.05) is 33.0 Å². The van der Waals surface area contributed by atoms with Gasteiger partial charge in [0.05, 0.1) is 0 Å². The molecule has 0 aromatic rings. The van der Waals surface area contributed by atoms with Crippen LogP contribution in [0.5, 0.6) is 0 Å². The van der Waals surface area contributed by atoms with Gasteiger partial charge in [0.1, 0.15) is 6.10 Å². The summed E-state index contributed by atoms with van der Waals surface area (Å²) in [6.07, 6.45) is 8.59. The Labute approximate surface area is 173 Å². The fourth-order valence-electron chi connectivity index (χ4n) is 3.55. The Morgan fingerprint density at radius 2 is 1.07 bits per heavy atom. The third-order valence-corrected chi connectivity index (χ3v) is 4.70. The maximum Gasteiger partial charge on any atom is 0.340 e. The van der Waals surface area contributed by atoms with Crippen molar-refractivity contribution in [2.45, 2.75) is 111 Å².